The molecule has 0 saturated carbocycles. The van der Waals surface area contributed by atoms with Gasteiger partial charge in [-0.3, -0.25) is 9.59 Å². The monoisotopic (exact) mass is 253 g/mol. The Balaban J connectivity index is 2.60. The lowest BCUT2D eigenvalue weighted by Gasteiger charge is -2.26. The normalized spacial score (nSPS) is 23.4. The van der Waals surface area contributed by atoms with Crippen molar-refractivity contribution >= 4 is 11.7 Å². The first-order valence-electron chi connectivity index (χ1n) is 6.61. The molecule has 18 heavy (non-hydrogen) atoms. The van der Waals surface area contributed by atoms with E-state index in [1.54, 1.807) is 13.8 Å². The second-order valence-corrected chi connectivity index (χ2v) is 4.95. The summed E-state index contributed by atoms with van der Waals surface area (Å²) in [5.41, 5.74) is 0.117. The molecule has 0 aromatic rings. The van der Waals surface area contributed by atoms with Crippen LogP contribution in [0.3, 0.4) is 0 Å². The van der Waals surface area contributed by atoms with Crippen LogP contribution in [0.1, 0.15) is 53.4 Å². The Labute approximate surface area is 109 Å². The molecular formula is C14H23NO3. The van der Waals surface area contributed by atoms with E-state index in [1.807, 2.05) is 0 Å². The summed E-state index contributed by atoms with van der Waals surface area (Å²) in [6, 6.07) is 0. The van der Waals surface area contributed by atoms with Crippen LogP contribution in [0, 0.1) is 0 Å². The van der Waals surface area contributed by atoms with Gasteiger partial charge in [-0.1, -0.05) is 26.2 Å². The fourth-order valence-corrected chi connectivity index (χ4v) is 2.16. The van der Waals surface area contributed by atoms with Gasteiger partial charge in [0.1, 0.15) is 0 Å². The third kappa shape index (κ3) is 3.19. The SMILES string of the molecule is CCCCCCOC1(C)NC(=O)C(C(C)=O)=C1C. The topological polar surface area (TPSA) is 55.4 Å². The molecule has 4 nitrogen and oxygen atoms in total. The minimum Gasteiger partial charge on any atom is -0.352 e. The number of ketones is 1. The summed E-state index contributed by atoms with van der Waals surface area (Å²) in [7, 11) is 0. The first-order valence-corrected chi connectivity index (χ1v) is 6.61. The Morgan fingerprint density at radius 1 is 1.33 bits per heavy atom. The third-order valence-electron chi connectivity index (χ3n) is 3.41. The number of amides is 1. The van der Waals surface area contributed by atoms with E-state index in [4.69, 9.17) is 4.74 Å². The molecule has 0 spiro atoms. The highest BCUT2D eigenvalue weighted by Gasteiger charge is 2.41. The predicted octanol–water partition coefficient (Wildman–Crippen LogP) is 2.33. The number of hydrogen-bond acceptors (Lipinski definition) is 3. The van der Waals surface area contributed by atoms with Crippen LogP contribution in [-0.4, -0.2) is 24.0 Å². The molecule has 1 rings (SSSR count). The van der Waals surface area contributed by atoms with Crippen LogP contribution in [0.5, 0.6) is 0 Å². The summed E-state index contributed by atoms with van der Waals surface area (Å²) in [6.45, 7) is 7.74. The molecule has 1 N–H and O–H groups in total. The molecule has 0 aliphatic carbocycles. The molecule has 102 valence electrons. The van der Waals surface area contributed by atoms with Gasteiger partial charge < -0.3 is 10.1 Å². The minimum absolute atomic E-state index is 0.205. The number of Topliss-reactive ketones (excluding diaryl/α,β-unsaturated/α-hetero) is 1. The Kier molecular flexibility index (Phi) is 5.08. The highest BCUT2D eigenvalue weighted by Crippen LogP contribution is 2.28. The van der Waals surface area contributed by atoms with Crippen molar-refractivity contribution in [3.05, 3.63) is 11.1 Å². The average Bonchev–Trinajstić information content (AvgIpc) is 2.49. The molecule has 0 saturated heterocycles. The standard InChI is InChI=1S/C14H23NO3/c1-5-6-7-8-9-18-14(4)10(2)12(11(3)16)13(17)15-14/h5-9H2,1-4H3,(H,15,17). The molecule has 0 fully saturated rings. The van der Waals surface area contributed by atoms with Gasteiger partial charge in [0.15, 0.2) is 11.5 Å². The summed E-state index contributed by atoms with van der Waals surface area (Å²) in [6.07, 6.45) is 4.48. The number of hydrogen-bond donors (Lipinski definition) is 1. The minimum atomic E-state index is -0.815. The Morgan fingerprint density at radius 3 is 2.50 bits per heavy atom. The third-order valence-corrected chi connectivity index (χ3v) is 3.41. The van der Waals surface area contributed by atoms with Gasteiger partial charge in [-0.2, -0.15) is 0 Å². The van der Waals surface area contributed by atoms with Gasteiger partial charge in [0.05, 0.1) is 5.57 Å². The molecule has 0 aromatic carbocycles. The molecule has 1 atom stereocenters. The maximum absolute atomic E-state index is 11.7. The second-order valence-electron chi connectivity index (χ2n) is 4.95. The van der Waals surface area contributed by atoms with Crippen molar-refractivity contribution in [2.45, 2.75) is 59.1 Å². The fourth-order valence-electron chi connectivity index (χ4n) is 2.16. The van der Waals surface area contributed by atoms with Gasteiger partial charge in [0, 0.05) is 6.61 Å². The number of rotatable bonds is 7. The van der Waals surface area contributed by atoms with E-state index in [9.17, 15) is 9.59 Å². The molecular weight excluding hydrogens is 230 g/mol. The molecule has 1 unspecified atom stereocenters. The van der Waals surface area contributed by atoms with Crippen molar-refractivity contribution in [3.63, 3.8) is 0 Å². The van der Waals surface area contributed by atoms with Crippen LogP contribution in [-0.2, 0) is 14.3 Å². The highest BCUT2D eigenvalue weighted by molar-refractivity contribution is 6.21. The molecule has 0 radical (unpaired) electrons. The predicted molar refractivity (Wildman–Crippen MR) is 70.0 cm³/mol. The fraction of sp³-hybridized carbons (Fsp3) is 0.714. The number of carbonyl (C=O) groups excluding carboxylic acids is 2. The zero-order valence-corrected chi connectivity index (χ0v) is 11.8. The Bertz CT molecular complexity index is 373. The van der Waals surface area contributed by atoms with Gasteiger partial charge in [0.25, 0.3) is 5.91 Å². The van der Waals surface area contributed by atoms with Crippen molar-refractivity contribution in [3.8, 4) is 0 Å². The van der Waals surface area contributed by atoms with Gasteiger partial charge >= 0.3 is 0 Å². The molecule has 1 aliphatic rings. The van der Waals surface area contributed by atoms with Gasteiger partial charge in [-0.05, 0) is 32.8 Å². The van der Waals surface area contributed by atoms with Crippen molar-refractivity contribution < 1.29 is 14.3 Å². The number of carbonyl (C=O) groups is 2. The molecule has 1 amide bonds. The lowest BCUT2D eigenvalue weighted by molar-refractivity contribution is -0.124. The molecule has 0 bridgehead atoms. The number of nitrogens with one attached hydrogen (secondary N) is 1. The summed E-state index contributed by atoms with van der Waals surface area (Å²) < 4.78 is 5.76. The largest absolute Gasteiger partial charge is 0.352 e. The van der Waals surface area contributed by atoms with Crippen LogP contribution < -0.4 is 5.32 Å². The van der Waals surface area contributed by atoms with Gasteiger partial charge in [-0.25, -0.2) is 0 Å². The van der Waals surface area contributed by atoms with Crippen LogP contribution >= 0.6 is 0 Å². The van der Waals surface area contributed by atoms with Crippen molar-refractivity contribution in [2.24, 2.45) is 0 Å². The smallest absolute Gasteiger partial charge is 0.257 e. The first kappa shape index (κ1) is 14.9. The Hall–Kier alpha value is -1.16. The lowest BCUT2D eigenvalue weighted by atomic mass is 10.0. The van der Waals surface area contributed by atoms with Crippen LogP contribution in [0.4, 0.5) is 0 Å². The van der Waals surface area contributed by atoms with Crippen LogP contribution in [0.2, 0.25) is 0 Å². The molecule has 1 heterocycles. The first-order chi connectivity index (χ1) is 8.42. The van der Waals surface area contributed by atoms with Crippen LogP contribution in [0.15, 0.2) is 11.1 Å². The summed E-state index contributed by atoms with van der Waals surface area (Å²) in [5.74, 6) is -0.528. The highest BCUT2D eigenvalue weighted by atomic mass is 16.5. The van der Waals surface area contributed by atoms with E-state index in [0.717, 1.165) is 12.8 Å². The van der Waals surface area contributed by atoms with E-state index >= 15 is 0 Å². The second kappa shape index (κ2) is 6.14. The zero-order chi connectivity index (χ0) is 13.8. The lowest BCUT2D eigenvalue weighted by Crippen LogP contribution is -2.44. The molecule has 0 aromatic heterocycles. The van der Waals surface area contributed by atoms with Crippen molar-refractivity contribution in [1.29, 1.82) is 0 Å². The Morgan fingerprint density at radius 2 is 2.00 bits per heavy atom. The number of ether oxygens (including phenoxy) is 1. The maximum atomic E-state index is 11.7. The maximum Gasteiger partial charge on any atom is 0.257 e. The van der Waals surface area contributed by atoms with E-state index in [2.05, 4.69) is 12.2 Å². The van der Waals surface area contributed by atoms with E-state index in [-0.39, 0.29) is 17.3 Å². The zero-order valence-electron chi connectivity index (χ0n) is 11.8. The molecule has 1 aliphatic heterocycles. The van der Waals surface area contributed by atoms with Gasteiger partial charge in [0.2, 0.25) is 0 Å². The van der Waals surface area contributed by atoms with E-state index in [1.165, 1.54) is 19.8 Å². The summed E-state index contributed by atoms with van der Waals surface area (Å²) in [5, 5.41) is 2.75. The van der Waals surface area contributed by atoms with Crippen LogP contribution in [0.25, 0.3) is 0 Å². The van der Waals surface area contributed by atoms with Crippen molar-refractivity contribution in [2.75, 3.05) is 6.61 Å². The molecule has 4 heteroatoms. The quantitative estimate of drug-likeness (QED) is 0.559. The van der Waals surface area contributed by atoms with Gasteiger partial charge in [-0.15, -0.1) is 0 Å². The summed E-state index contributed by atoms with van der Waals surface area (Å²) in [4.78, 5) is 23.1. The number of unbranched alkanes of at least 4 members (excludes halogenated alkanes) is 3. The average molecular weight is 253 g/mol. The van der Waals surface area contributed by atoms with E-state index in [0.29, 0.717) is 12.2 Å². The summed E-state index contributed by atoms with van der Waals surface area (Å²) >= 11 is 0. The van der Waals surface area contributed by atoms with E-state index < -0.39 is 5.72 Å². The van der Waals surface area contributed by atoms with Crippen molar-refractivity contribution in [1.82, 2.24) is 5.32 Å².